The molecule has 2 aromatic carbocycles. The van der Waals surface area contributed by atoms with Crippen LogP contribution in [-0.4, -0.2) is 39.9 Å². The van der Waals surface area contributed by atoms with Crippen molar-refractivity contribution >= 4 is 45.5 Å². The molecule has 0 saturated carbocycles. The number of para-hydroxylation sites is 1. The standard InChI is InChI=1S/C26H28N2O5S/c1-15(29)34-14-22(19-9-7-16-13-17(30)8-10-18(16)19)26(32)28-25-21(11-12-24(31)33-2)20-5-3-4-6-23(20)27-25/h3-6,8,10,13,19,22,27,30H,7,9,11-12,14H2,1-2H3,(H,28,32). The molecule has 1 aliphatic rings. The van der Waals surface area contributed by atoms with Gasteiger partial charge in [0.05, 0.1) is 13.0 Å². The molecule has 178 valence electrons. The van der Waals surface area contributed by atoms with Crippen molar-refractivity contribution in [2.75, 3.05) is 18.2 Å². The molecule has 7 nitrogen and oxygen atoms in total. The molecule has 0 radical (unpaired) electrons. The lowest BCUT2D eigenvalue weighted by Gasteiger charge is -2.23. The molecule has 0 saturated heterocycles. The Hall–Kier alpha value is -3.26. The van der Waals surface area contributed by atoms with Crippen molar-refractivity contribution in [2.45, 2.75) is 38.5 Å². The maximum absolute atomic E-state index is 13.6. The third kappa shape index (κ3) is 5.12. The molecule has 0 fully saturated rings. The fourth-order valence-corrected chi connectivity index (χ4v) is 5.55. The van der Waals surface area contributed by atoms with Crippen LogP contribution in [0.2, 0.25) is 0 Å². The van der Waals surface area contributed by atoms with Gasteiger partial charge in [0.25, 0.3) is 0 Å². The van der Waals surface area contributed by atoms with Gasteiger partial charge in [0.15, 0.2) is 5.12 Å². The molecule has 1 aliphatic carbocycles. The highest BCUT2D eigenvalue weighted by atomic mass is 32.2. The van der Waals surface area contributed by atoms with Crippen LogP contribution >= 0.6 is 11.8 Å². The Kier molecular flexibility index (Phi) is 7.26. The topological polar surface area (TPSA) is 108 Å². The van der Waals surface area contributed by atoms with Gasteiger partial charge in [-0.2, -0.15) is 0 Å². The SMILES string of the molecule is COC(=O)CCc1c(NC(=O)C(CSC(C)=O)C2CCc3cc(O)ccc32)[nH]c2ccccc12. The van der Waals surface area contributed by atoms with E-state index in [0.29, 0.717) is 18.0 Å². The van der Waals surface area contributed by atoms with Gasteiger partial charge in [0, 0.05) is 35.6 Å². The number of thioether (sulfide) groups is 1. The van der Waals surface area contributed by atoms with Crippen LogP contribution in [0.25, 0.3) is 10.9 Å². The number of phenols is 1. The van der Waals surface area contributed by atoms with Gasteiger partial charge < -0.3 is 20.1 Å². The molecule has 1 aromatic heterocycles. The first-order chi connectivity index (χ1) is 16.4. The predicted octanol–water partition coefficient (Wildman–Crippen LogP) is 4.54. The highest BCUT2D eigenvalue weighted by Gasteiger charge is 2.35. The molecule has 3 N–H and O–H groups in total. The zero-order valence-corrected chi connectivity index (χ0v) is 20.0. The van der Waals surface area contributed by atoms with Crippen molar-refractivity contribution in [3.63, 3.8) is 0 Å². The Balaban J connectivity index is 1.63. The molecule has 3 aromatic rings. The molecule has 2 atom stereocenters. The number of H-pyrrole nitrogens is 1. The molecule has 8 heteroatoms. The number of anilines is 1. The second-order valence-corrected chi connectivity index (χ2v) is 9.72. The summed E-state index contributed by atoms with van der Waals surface area (Å²) in [4.78, 5) is 40.4. The van der Waals surface area contributed by atoms with Gasteiger partial charge in [-0.15, -0.1) is 0 Å². The van der Waals surface area contributed by atoms with E-state index in [9.17, 15) is 19.5 Å². The highest BCUT2D eigenvalue weighted by Crippen LogP contribution is 2.41. The molecule has 4 rings (SSSR count). The lowest BCUT2D eigenvalue weighted by atomic mass is 9.87. The molecule has 2 unspecified atom stereocenters. The number of phenolic OH excluding ortho intramolecular Hbond substituents is 1. The first-order valence-electron chi connectivity index (χ1n) is 11.3. The number of hydrogen-bond acceptors (Lipinski definition) is 6. The first-order valence-corrected chi connectivity index (χ1v) is 12.3. The van der Waals surface area contributed by atoms with Gasteiger partial charge >= 0.3 is 5.97 Å². The number of carbonyl (C=O) groups is 3. The van der Waals surface area contributed by atoms with E-state index in [-0.39, 0.29) is 35.1 Å². The number of aromatic nitrogens is 1. The Bertz CT molecular complexity index is 1240. The van der Waals surface area contributed by atoms with Crippen LogP contribution in [0.15, 0.2) is 42.5 Å². The smallest absolute Gasteiger partial charge is 0.305 e. The fraction of sp³-hybridized carbons (Fsp3) is 0.346. The van der Waals surface area contributed by atoms with Gasteiger partial charge in [-0.05, 0) is 54.5 Å². The number of esters is 1. The monoisotopic (exact) mass is 480 g/mol. The molecule has 1 heterocycles. The van der Waals surface area contributed by atoms with E-state index in [2.05, 4.69) is 10.3 Å². The summed E-state index contributed by atoms with van der Waals surface area (Å²) >= 11 is 1.15. The third-order valence-corrected chi connectivity index (χ3v) is 7.34. The average molecular weight is 481 g/mol. The quantitative estimate of drug-likeness (QED) is 0.409. The van der Waals surface area contributed by atoms with Crippen LogP contribution in [0.3, 0.4) is 0 Å². The molecular weight excluding hydrogens is 452 g/mol. The molecule has 0 aliphatic heterocycles. The summed E-state index contributed by atoms with van der Waals surface area (Å²) in [6.07, 6.45) is 2.17. The lowest BCUT2D eigenvalue weighted by Crippen LogP contribution is -2.30. The van der Waals surface area contributed by atoms with Crippen molar-refractivity contribution in [2.24, 2.45) is 5.92 Å². The van der Waals surface area contributed by atoms with Gasteiger partial charge in [0.1, 0.15) is 11.6 Å². The number of hydrogen-bond donors (Lipinski definition) is 3. The van der Waals surface area contributed by atoms with Gasteiger partial charge in [-0.3, -0.25) is 14.4 Å². The van der Waals surface area contributed by atoms with Gasteiger partial charge in [-0.25, -0.2) is 0 Å². The molecule has 0 bridgehead atoms. The zero-order chi connectivity index (χ0) is 24.2. The van der Waals surface area contributed by atoms with Crippen molar-refractivity contribution < 1.29 is 24.2 Å². The molecule has 0 spiro atoms. The Morgan fingerprint density at radius 3 is 2.79 bits per heavy atom. The number of aryl methyl sites for hydroxylation is 2. The van der Waals surface area contributed by atoms with Crippen LogP contribution in [0, 0.1) is 5.92 Å². The van der Waals surface area contributed by atoms with E-state index >= 15 is 0 Å². The number of carbonyl (C=O) groups excluding carboxylic acids is 3. The highest BCUT2D eigenvalue weighted by molar-refractivity contribution is 8.13. The number of aromatic hydroxyl groups is 1. The van der Waals surface area contributed by atoms with E-state index in [4.69, 9.17) is 4.74 Å². The average Bonchev–Trinajstić information content (AvgIpc) is 3.38. The minimum absolute atomic E-state index is 0.0360. The zero-order valence-electron chi connectivity index (χ0n) is 19.2. The van der Waals surface area contributed by atoms with Gasteiger partial charge in [0.2, 0.25) is 5.91 Å². The van der Waals surface area contributed by atoms with E-state index in [0.717, 1.165) is 52.2 Å². The lowest BCUT2D eigenvalue weighted by molar-refractivity contribution is -0.140. The minimum Gasteiger partial charge on any atom is -0.508 e. The third-order valence-electron chi connectivity index (χ3n) is 6.41. The maximum Gasteiger partial charge on any atom is 0.305 e. The summed E-state index contributed by atoms with van der Waals surface area (Å²) in [6.45, 7) is 1.50. The summed E-state index contributed by atoms with van der Waals surface area (Å²) in [5.74, 6) is 0.174. The number of ether oxygens (including phenoxy) is 1. The van der Waals surface area contributed by atoms with E-state index in [1.54, 1.807) is 12.1 Å². The Morgan fingerprint density at radius 1 is 1.24 bits per heavy atom. The largest absolute Gasteiger partial charge is 0.508 e. The van der Waals surface area contributed by atoms with E-state index < -0.39 is 5.92 Å². The Labute approximate surface area is 202 Å². The van der Waals surface area contributed by atoms with E-state index in [1.165, 1.54) is 14.0 Å². The summed E-state index contributed by atoms with van der Waals surface area (Å²) in [5.41, 5.74) is 3.81. The number of aromatic amines is 1. The van der Waals surface area contributed by atoms with Crippen LogP contribution in [0.1, 0.15) is 42.4 Å². The van der Waals surface area contributed by atoms with Crippen LogP contribution in [0.5, 0.6) is 5.75 Å². The number of nitrogens with one attached hydrogen (secondary N) is 2. The number of rotatable bonds is 8. The second-order valence-electron chi connectivity index (χ2n) is 8.53. The minimum atomic E-state index is -0.431. The number of fused-ring (bicyclic) bond motifs is 2. The molecular formula is C26H28N2O5S. The first kappa shape index (κ1) is 23.9. The number of amides is 1. The van der Waals surface area contributed by atoms with Crippen LogP contribution in [-0.2, 0) is 32.0 Å². The fourth-order valence-electron chi connectivity index (χ4n) is 4.75. The summed E-state index contributed by atoms with van der Waals surface area (Å²) in [5, 5.41) is 13.8. The van der Waals surface area contributed by atoms with Crippen molar-refractivity contribution in [1.29, 1.82) is 0 Å². The van der Waals surface area contributed by atoms with Crippen molar-refractivity contribution in [1.82, 2.24) is 4.98 Å². The second kappa shape index (κ2) is 10.3. The van der Waals surface area contributed by atoms with Crippen molar-refractivity contribution in [3.05, 3.63) is 59.2 Å². The van der Waals surface area contributed by atoms with Crippen LogP contribution in [0.4, 0.5) is 5.82 Å². The Morgan fingerprint density at radius 2 is 2.03 bits per heavy atom. The molecule has 1 amide bonds. The summed E-state index contributed by atoms with van der Waals surface area (Å²) in [6, 6.07) is 13.0. The summed E-state index contributed by atoms with van der Waals surface area (Å²) < 4.78 is 4.79. The maximum atomic E-state index is 13.6. The normalized spacial score (nSPS) is 15.6. The van der Waals surface area contributed by atoms with Crippen molar-refractivity contribution in [3.8, 4) is 5.75 Å². The van der Waals surface area contributed by atoms with Gasteiger partial charge in [-0.1, -0.05) is 36.0 Å². The predicted molar refractivity (Wildman–Crippen MR) is 133 cm³/mol. The van der Waals surface area contributed by atoms with E-state index in [1.807, 2.05) is 30.3 Å². The molecule has 34 heavy (non-hydrogen) atoms. The summed E-state index contributed by atoms with van der Waals surface area (Å²) in [7, 11) is 1.36. The number of benzene rings is 2. The van der Waals surface area contributed by atoms with Crippen LogP contribution < -0.4 is 5.32 Å². The number of methoxy groups -OCH3 is 1.